The second kappa shape index (κ2) is 8.89. The smallest absolute Gasteiger partial charge is 0.315 e. The maximum absolute atomic E-state index is 12.3. The van der Waals surface area contributed by atoms with Crippen LogP contribution in [-0.4, -0.2) is 39.8 Å². The van der Waals surface area contributed by atoms with Crippen molar-refractivity contribution < 1.29 is 14.3 Å². The van der Waals surface area contributed by atoms with E-state index in [0.717, 1.165) is 11.4 Å². The van der Waals surface area contributed by atoms with E-state index in [1.165, 1.54) is 11.8 Å². The van der Waals surface area contributed by atoms with Crippen molar-refractivity contribution in [2.45, 2.75) is 33.1 Å². The van der Waals surface area contributed by atoms with Gasteiger partial charge < -0.3 is 10.1 Å². The highest BCUT2D eigenvalue weighted by Gasteiger charge is 2.21. The molecule has 1 aromatic carbocycles. The topological polar surface area (TPSA) is 73.2 Å². The van der Waals surface area contributed by atoms with Gasteiger partial charge in [-0.1, -0.05) is 39.0 Å². The van der Waals surface area contributed by atoms with Crippen LogP contribution in [0.5, 0.6) is 0 Å². The summed E-state index contributed by atoms with van der Waals surface area (Å²) in [5.74, 6) is 0.449. The molecule has 0 saturated carbocycles. The molecule has 0 aliphatic carbocycles. The summed E-state index contributed by atoms with van der Waals surface area (Å²) in [6.45, 7) is 8.33. The molecular weight excluding hydrogens is 350 g/mol. The van der Waals surface area contributed by atoms with E-state index in [0.29, 0.717) is 12.4 Å². The molecule has 6 nitrogen and oxygen atoms in total. The lowest BCUT2D eigenvalue weighted by Gasteiger charge is -2.14. The number of aromatic nitrogens is 2. The van der Waals surface area contributed by atoms with Crippen molar-refractivity contribution >= 4 is 29.5 Å². The lowest BCUT2D eigenvalue weighted by molar-refractivity contribution is -0.139. The second-order valence-corrected chi connectivity index (χ2v) is 7.74. The van der Waals surface area contributed by atoms with Gasteiger partial charge in [0, 0.05) is 11.5 Å². The summed E-state index contributed by atoms with van der Waals surface area (Å²) in [6.07, 6.45) is 0. The lowest BCUT2D eigenvalue weighted by Crippen LogP contribution is -2.18. The average Bonchev–Trinajstić information content (AvgIpc) is 3.00. The van der Waals surface area contributed by atoms with Gasteiger partial charge in [-0.15, -0.1) is 11.8 Å². The normalized spacial score (nSPS) is 11.2. The number of thioether (sulfide) groups is 1. The highest BCUT2D eigenvalue weighted by molar-refractivity contribution is 8.00. The third kappa shape index (κ3) is 5.62. The molecule has 1 aromatic heterocycles. The Bertz CT molecular complexity index is 751. The molecule has 1 amide bonds. The fourth-order valence-electron chi connectivity index (χ4n) is 2.21. The van der Waals surface area contributed by atoms with Gasteiger partial charge in [0.05, 0.1) is 29.5 Å². The van der Waals surface area contributed by atoms with E-state index in [1.54, 1.807) is 11.6 Å². The zero-order valence-corrected chi connectivity index (χ0v) is 16.4. The van der Waals surface area contributed by atoms with Crippen LogP contribution in [0.3, 0.4) is 0 Å². The number of nitrogens with one attached hydrogen (secondary N) is 1. The van der Waals surface area contributed by atoms with E-state index in [1.807, 2.05) is 36.4 Å². The molecule has 0 aliphatic rings. The molecule has 0 aliphatic heterocycles. The molecule has 0 spiro atoms. The molecule has 0 fully saturated rings. The summed E-state index contributed by atoms with van der Waals surface area (Å²) in [4.78, 5) is 23.6. The van der Waals surface area contributed by atoms with Gasteiger partial charge in [0.15, 0.2) is 0 Å². The highest BCUT2D eigenvalue weighted by Crippen LogP contribution is 2.26. The Morgan fingerprint density at radius 1 is 1.19 bits per heavy atom. The molecule has 0 atom stereocenters. The Balaban J connectivity index is 2.11. The Morgan fingerprint density at radius 3 is 2.50 bits per heavy atom. The summed E-state index contributed by atoms with van der Waals surface area (Å²) in [7, 11) is 0. The predicted molar refractivity (Wildman–Crippen MR) is 105 cm³/mol. The van der Waals surface area contributed by atoms with Crippen LogP contribution < -0.4 is 5.32 Å². The van der Waals surface area contributed by atoms with Crippen molar-refractivity contribution in [1.29, 1.82) is 0 Å². The first-order valence-electron chi connectivity index (χ1n) is 8.50. The summed E-state index contributed by atoms with van der Waals surface area (Å²) < 4.78 is 6.58. The molecule has 26 heavy (non-hydrogen) atoms. The number of amides is 1. The Morgan fingerprint density at radius 2 is 1.88 bits per heavy atom. The van der Waals surface area contributed by atoms with Crippen molar-refractivity contribution in [2.75, 3.05) is 23.4 Å². The van der Waals surface area contributed by atoms with E-state index in [2.05, 4.69) is 31.2 Å². The standard InChI is InChI=1S/C19H25N3O3S/c1-5-25-18(24)13-26-12-17(23)20-16-11-15(19(2,3)4)21-22(16)14-9-7-6-8-10-14/h6-11H,5,12-13H2,1-4H3,(H,20,23). The van der Waals surface area contributed by atoms with E-state index in [4.69, 9.17) is 4.74 Å². The fraction of sp³-hybridized carbons (Fsp3) is 0.421. The fourth-order valence-corrected chi connectivity index (χ4v) is 2.82. The third-order valence-corrected chi connectivity index (χ3v) is 4.41. The molecular formula is C19H25N3O3S. The van der Waals surface area contributed by atoms with Crippen LogP contribution >= 0.6 is 11.8 Å². The Kier molecular flexibility index (Phi) is 6.85. The largest absolute Gasteiger partial charge is 0.465 e. The van der Waals surface area contributed by atoms with Gasteiger partial charge in [0.1, 0.15) is 5.82 Å². The van der Waals surface area contributed by atoms with Crippen molar-refractivity contribution in [3.63, 3.8) is 0 Å². The molecule has 140 valence electrons. The van der Waals surface area contributed by atoms with Gasteiger partial charge in [0.2, 0.25) is 5.91 Å². The molecule has 1 N–H and O–H groups in total. The summed E-state index contributed by atoms with van der Waals surface area (Å²) >= 11 is 1.23. The Labute approximate surface area is 158 Å². The lowest BCUT2D eigenvalue weighted by atomic mass is 9.92. The first-order valence-corrected chi connectivity index (χ1v) is 9.66. The van der Waals surface area contributed by atoms with Crippen LogP contribution in [0.1, 0.15) is 33.4 Å². The molecule has 0 unspecified atom stereocenters. The first kappa shape index (κ1) is 20.0. The van der Waals surface area contributed by atoms with Gasteiger partial charge in [-0.25, -0.2) is 4.68 Å². The zero-order valence-electron chi connectivity index (χ0n) is 15.6. The number of nitrogens with zero attached hydrogens (tertiary/aromatic N) is 2. The van der Waals surface area contributed by atoms with E-state index in [-0.39, 0.29) is 28.8 Å². The van der Waals surface area contributed by atoms with E-state index < -0.39 is 0 Å². The summed E-state index contributed by atoms with van der Waals surface area (Å²) in [6, 6.07) is 11.5. The molecule has 0 bridgehead atoms. The van der Waals surface area contributed by atoms with Crippen LogP contribution in [0.2, 0.25) is 0 Å². The summed E-state index contributed by atoms with van der Waals surface area (Å²) in [5.41, 5.74) is 1.62. The SMILES string of the molecule is CCOC(=O)CSCC(=O)Nc1cc(C(C)(C)C)nn1-c1ccccc1. The average molecular weight is 375 g/mol. The number of rotatable bonds is 7. The van der Waals surface area contributed by atoms with Gasteiger partial charge in [-0.05, 0) is 19.1 Å². The second-order valence-electron chi connectivity index (χ2n) is 6.76. The van der Waals surface area contributed by atoms with E-state index >= 15 is 0 Å². The molecule has 7 heteroatoms. The Hall–Kier alpha value is -2.28. The minimum atomic E-state index is -0.311. The maximum Gasteiger partial charge on any atom is 0.315 e. The van der Waals surface area contributed by atoms with Gasteiger partial charge in [0.25, 0.3) is 0 Å². The third-order valence-electron chi connectivity index (χ3n) is 3.50. The van der Waals surface area contributed by atoms with Crippen LogP contribution in [0.25, 0.3) is 5.69 Å². The molecule has 1 heterocycles. The molecule has 0 saturated heterocycles. The van der Waals surface area contributed by atoms with Crippen LogP contribution in [0.15, 0.2) is 36.4 Å². The number of hydrogen-bond donors (Lipinski definition) is 1. The number of esters is 1. The minimum absolute atomic E-state index is 0.141. The number of anilines is 1. The molecule has 0 radical (unpaired) electrons. The minimum Gasteiger partial charge on any atom is -0.465 e. The van der Waals surface area contributed by atoms with Crippen LogP contribution in [0.4, 0.5) is 5.82 Å². The monoisotopic (exact) mass is 375 g/mol. The highest BCUT2D eigenvalue weighted by atomic mass is 32.2. The van der Waals surface area contributed by atoms with Gasteiger partial charge in [-0.3, -0.25) is 9.59 Å². The van der Waals surface area contributed by atoms with Gasteiger partial charge in [-0.2, -0.15) is 5.10 Å². The maximum atomic E-state index is 12.3. The number of para-hydroxylation sites is 1. The van der Waals surface area contributed by atoms with E-state index in [9.17, 15) is 9.59 Å². The van der Waals surface area contributed by atoms with Crippen LogP contribution in [0, 0.1) is 0 Å². The van der Waals surface area contributed by atoms with Gasteiger partial charge >= 0.3 is 5.97 Å². The number of hydrogen-bond acceptors (Lipinski definition) is 5. The number of ether oxygens (including phenoxy) is 1. The summed E-state index contributed by atoms with van der Waals surface area (Å²) in [5, 5.41) is 7.55. The van der Waals surface area contributed by atoms with Crippen LogP contribution in [-0.2, 0) is 19.7 Å². The predicted octanol–water partition coefficient (Wildman–Crippen LogP) is 3.40. The number of carbonyl (C=O) groups is 2. The number of benzene rings is 1. The quantitative estimate of drug-likeness (QED) is 0.751. The first-order chi connectivity index (χ1) is 12.3. The van der Waals surface area contributed by atoms with Crippen molar-refractivity contribution in [2.24, 2.45) is 0 Å². The van der Waals surface area contributed by atoms with Crippen molar-refractivity contribution in [3.8, 4) is 5.69 Å². The van der Waals surface area contributed by atoms with Crippen molar-refractivity contribution in [1.82, 2.24) is 9.78 Å². The van der Waals surface area contributed by atoms with Crippen molar-refractivity contribution in [3.05, 3.63) is 42.1 Å². The zero-order chi connectivity index (χ0) is 19.2. The molecule has 2 aromatic rings. The number of carbonyl (C=O) groups excluding carboxylic acids is 2. The molecule has 2 rings (SSSR count).